The van der Waals surface area contributed by atoms with Gasteiger partial charge in [-0.25, -0.2) is 4.68 Å². The summed E-state index contributed by atoms with van der Waals surface area (Å²) in [7, 11) is 1.96. The predicted octanol–water partition coefficient (Wildman–Crippen LogP) is 2.57. The smallest absolute Gasteiger partial charge is 0.0648 e. The summed E-state index contributed by atoms with van der Waals surface area (Å²) in [5, 5.41) is 7.43. The zero-order valence-electron chi connectivity index (χ0n) is 9.42. The van der Waals surface area contributed by atoms with Crippen LogP contribution in [-0.2, 0) is 0 Å². The van der Waals surface area contributed by atoms with Crippen molar-refractivity contribution in [1.82, 2.24) is 15.1 Å². The van der Waals surface area contributed by atoms with Gasteiger partial charge in [-0.2, -0.15) is 5.10 Å². The number of nitrogens with one attached hydrogen (secondary N) is 1. The van der Waals surface area contributed by atoms with E-state index in [0.29, 0.717) is 6.04 Å². The van der Waals surface area contributed by atoms with E-state index >= 15 is 0 Å². The fraction of sp³-hybridized carbons (Fsp3) is 0.250. The first-order valence-electron chi connectivity index (χ1n) is 5.08. The van der Waals surface area contributed by atoms with Gasteiger partial charge in [0.05, 0.1) is 5.69 Å². The highest BCUT2D eigenvalue weighted by Crippen LogP contribution is 2.15. The van der Waals surface area contributed by atoms with Gasteiger partial charge in [0.2, 0.25) is 0 Å². The van der Waals surface area contributed by atoms with Crippen LogP contribution >= 0.6 is 12.4 Å². The fourth-order valence-corrected chi connectivity index (χ4v) is 1.52. The highest BCUT2D eigenvalue weighted by Gasteiger charge is 2.03. The van der Waals surface area contributed by atoms with E-state index in [1.54, 1.807) is 6.20 Å². The molecule has 2 aromatic rings. The van der Waals surface area contributed by atoms with Crippen molar-refractivity contribution in [3.05, 3.63) is 48.3 Å². The molecule has 0 spiro atoms. The molecule has 0 saturated heterocycles. The van der Waals surface area contributed by atoms with Gasteiger partial charge in [0.15, 0.2) is 0 Å². The lowest BCUT2D eigenvalue weighted by Crippen LogP contribution is -2.12. The van der Waals surface area contributed by atoms with Gasteiger partial charge < -0.3 is 5.32 Å². The van der Waals surface area contributed by atoms with Crippen LogP contribution in [0.15, 0.2) is 42.7 Å². The molecule has 1 aromatic carbocycles. The standard InChI is InChI=1S/C12H15N3.ClH/c1-10(13-2)11-5-3-6-12(9-11)15-8-4-7-14-15;/h3-10,13H,1-2H3;1H. The van der Waals surface area contributed by atoms with E-state index in [2.05, 4.69) is 41.6 Å². The molecule has 86 valence electrons. The summed E-state index contributed by atoms with van der Waals surface area (Å²) in [5.41, 5.74) is 2.37. The van der Waals surface area contributed by atoms with E-state index in [-0.39, 0.29) is 12.4 Å². The summed E-state index contributed by atoms with van der Waals surface area (Å²) in [6.45, 7) is 2.14. The van der Waals surface area contributed by atoms with Crippen LogP contribution in [0.2, 0.25) is 0 Å². The van der Waals surface area contributed by atoms with Crippen molar-refractivity contribution in [3.63, 3.8) is 0 Å². The Morgan fingerprint density at radius 3 is 2.75 bits per heavy atom. The van der Waals surface area contributed by atoms with E-state index in [9.17, 15) is 0 Å². The molecule has 1 heterocycles. The molecule has 2 rings (SSSR count). The minimum absolute atomic E-state index is 0. The SMILES string of the molecule is CNC(C)c1cccc(-n2cccn2)c1.Cl. The van der Waals surface area contributed by atoms with Gasteiger partial charge in [-0.05, 0) is 37.7 Å². The summed E-state index contributed by atoms with van der Waals surface area (Å²) < 4.78 is 1.87. The second-order valence-electron chi connectivity index (χ2n) is 3.56. The molecule has 0 aliphatic heterocycles. The molecular weight excluding hydrogens is 222 g/mol. The molecule has 1 atom stereocenters. The van der Waals surface area contributed by atoms with Crippen LogP contribution in [0.5, 0.6) is 0 Å². The number of hydrogen-bond donors (Lipinski definition) is 1. The van der Waals surface area contributed by atoms with Crippen molar-refractivity contribution in [1.29, 1.82) is 0 Å². The summed E-state index contributed by atoms with van der Waals surface area (Å²) in [6, 6.07) is 10.7. The Morgan fingerprint density at radius 2 is 2.12 bits per heavy atom. The van der Waals surface area contributed by atoms with E-state index in [1.165, 1.54) is 5.56 Å². The molecule has 0 fully saturated rings. The Kier molecular flexibility index (Phi) is 4.52. The van der Waals surface area contributed by atoms with Crippen molar-refractivity contribution in [2.24, 2.45) is 0 Å². The number of hydrogen-bond acceptors (Lipinski definition) is 2. The third-order valence-corrected chi connectivity index (χ3v) is 2.57. The molecular formula is C12H16ClN3. The summed E-state index contributed by atoms with van der Waals surface area (Å²) in [4.78, 5) is 0. The number of rotatable bonds is 3. The highest BCUT2D eigenvalue weighted by molar-refractivity contribution is 5.85. The van der Waals surface area contributed by atoms with Crippen molar-refractivity contribution in [3.8, 4) is 5.69 Å². The van der Waals surface area contributed by atoms with Crippen LogP contribution in [0.1, 0.15) is 18.5 Å². The molecule has 3 nitrogen and oxygen atoms in total. The van der Waals surface area contributed by atoms with Crippen molar-refractivity contribution in [2.75, 3.05) is 7.05 Å². The average molecular weight is 238 g/mol. The van der Waals surface area contributed by atoms with Gasteiger partial charge in [0, 0.05) is 18.4 Å². The summed E-state index contributed by atoms with van der Waals surface area (Å²) >= 11 is 0. The first-order valence-corrected chi connectivity index (χ1v) is 5.08. The van der Waals surface area contributed by atoms with Gasteiger partial charge in [-0.15, -0.1) is 12.4 Å². The molecule has 0 bridgehead atoms. The molecule has 0 aliphatic carbocycles. The second kappa shape index (κ2) is 5.68. The van der Waals surface area contributed by atoms with Gasteiger partial charge in [-0.1, -0.05) is 12.1 Å². The van der Waals surface area contributed by atoms with E-state index in [1.807, 2.05) is 24.0 Å². The molecule has 0 aliphatic rings. The molecule has 1 unspecified atom stereocenters. The number of aromatic nitrogens is 2. The largest absolute Gasteiger partial charge is 0.313 e. The molecule has 0 amide bonds. The Morgan fingerprint density at radius 1 is 1.31 bits per heavy atom. The van der Waals surface area contributed by atoms with Crippen molar-refractivity contribution >= 4 is 12.4 Å². The fourth-order valence-electron chi connectivity index (χ4n) is 1.52. The number of benzene rings is 1. The first kappa shape index (κ1) is 12.7. The zero-order chi connectivity index (χ0) is 10.7. The van der Waals surface area contributed by atoms with Gasteiger partial charge in [0.1, 0.15) is 0 Å². The van der Waals surface area contributed by atoms with E-state index in [4.69, 9.17) is 0 Å². The second-order valence-corrected chi connectivity index (χ2v) is 3.56. The highest BCUT2D eigenvalue weighted by atomic mass is 35.5. The maximum atomic E-state index is 4.21. The lowest BCUT2D eigenvalue weighted by molar-refractivity contribution is 0.651. The Hall–Kier alpha value is -1.32. The molecule has 1 N–H and O–H groups in total. The molecule has 0 saturated carbocycles. The average Bonchev–Trinajstić information content (AvgIpc) is 2.82. The monoisotopic (exact) mass is 237 g/mol. The lowest BCUT2D eigenvalue weighted by atomic mass is 10.1. The van der Waals surface area contributed by atoms with Crippen LogP contribution in [0.4, 0.5) is 0 Å². The third-order valence-electron chi connectivity index (χ3n) is 2.57. The normalized spacial score (nSPS) is 11.9. The Labute approximate surface area is 102 Å². The van der Waals surface area contributed by atoms with E-state index in [0.717, 1.165) is 5.69 Å². The zero-order valence-corrected chi connectivity index (χ0v) is 10.2. The minimum Gasteiger partial charge on any atom is -0.313 e. The van der Waals surface area contributed by atoms with Gasteiger partial charge >= 0.3 is 0 Å². The quantitative estimate of drug-likeness (QED) is 0.889. The van der Waals surface area contributed by atoms with Crippen LogP contribution in [0, 0.1) is 0 Å². The predicted molar refractivity (Wildman–Crippen MR) is 68.3 cm³/mol. The Balaban J connectivity index is 0.00000128. The third kappa shape index (κ3) is 2.62. The summed E-state index contributed by atoms with van der Waals surface area (Å²) in [5.74, 6) is 0. The molecule has 1 aromatic heterocycles. The van der Waals surface area contributed by atoms with Crippen LogP contribution in [-0.4, -0.2) is 16.8 Å². The first-order chi connectivity index (χ1) is 7.31. The summed E-state index contributed by atoms with van der Waals surface area (Å²) in [6.07, 6.45) is 3.73. The van der Waals surface area contributed by atoms with E-state index < -0.39 is 0 Å². The van der Waals surface area contributed by atoms with Gasteiger partial charge in [-0.3, -0.25) is 0 Å². The molecule has 4 heteroatoms. The number of nitrogens with zero attached hydrogens (tertiary/aromatic N) is 2. The number of halogens is 1. The lowest BCUT2D eigenvalue weighted by Gasteiger charge is -2.11. The Bertz CT molecular complexity index is 426. The maximum absolute atomic E-state index is 4.21. The van der Waals surface area contributed by atoms with Crippen molar-refractivity contribution in [2.45, 2.75) is 13.0 Å². The minimum atomic E-state index is 0. The van der Waals surface area contributed by atoms with Crippen LogP contribution < -0.4 is 5.32 Å². The van der Waals surface area contributed by atoms with Crippen LogP contribution in [0.25, 0.3) is 5.69 Å². The maximum Gasteiger partial charge on any atom is 0.0648 e. The topological polar surface area (TPSA) is 29.9 Å². The molecule has 16 heavy (non-hydrogen) atoms. The van der Waals surface area contributed by atoms with Crippen molar-refractivity contribution < 1.29 is 0 Å². The van der Waals surface area contributed by atoms with Gasteiger partial charge in [0.25, 0.3) is 0 Å². The molecule has 0 radical (unpaired) electrons. The van der Waals surface area contributed by atoms with Crippen LogP contribution in [0.3, 0.4) is 0 Å².